The second kappa shape index (κ2) is 8.72. The maximum Gasteiger partial charge on any atom is 0.248 e. The molecule has 0 spiro atoms. The number of hydrogen-bond donors (Lipinski definition) is 4. The number of anilines is 3. The van der Waals surface area contributed by atoms with Crippen LogP contribution in [0.15, 0.2) is 37.1 Å². The molecule has 0 saturated heterocycles. The van der Waals surface area contributed by atoms with Crippen LogP contribution in [0.2, 0.25) is 0 Å². The standard InChI is InChI=1S/C21H26N6O2/c1-4-18(28)24-15-6-5-7-16(15)25-20-13(3)11-23-21(27-20)26-17-10-14(19(22)29)9-8-12(17)2/h4,8-11,15-16H,1,5-7H2,2-3H3,(H2,22,29)(H,24,28)(H2,23,25,26,27)/t15-,16-/m0/s1. The van der Waals surface area contributed by atoms with Crippen molar-refractivity contribution in [3.8, 4) is 0 Å². The Morgan fingerprint density at radius 1 is 1.21 bits per heavy atom. The van der Waals surface area contributed by atoms with Crippen LogP contribution in [0.3, 0.4) is 0 Å². The second-order valence-electron chi connectivity index (χ2n) is 7.25. The zero-order chi connectivity index (χ0) is 21.0. The molecule has 0 radical (unpaired) electrons. The Balaban J connectivity index is 1.78. The Morgan fingerprint density at radius 3 is 2.69 bits per heavy atom. The molecule has 1 aromatic carbocycles. The Hall–Kier alpha value is -3.42. The smallest absolute Gasteiger partial charge is 0.248 e. The van der Waals surface area contributed by atoms with Gasteiger partial charge >= 0.3 is 0 Å². The number of carbonyl (C=O) groups excluding carboxylic acids is 2. The van der Waals surface area contributed by atoms with Crippen molar-refractivity contribution in [3.63, 3.8) is 0 Å². The van der Waals surface area contributed by atoms with Crippen molar-refractivity contribution in [1.82, 2.24) is 15.3 Å². The molecule has 1 aromatic heterocycles. The quantitative estimate of drug-likeness (QED) is 0.536. The monoisotopic (exact) mass is 394 g/mol. The SMILES string of the molecule is C=CC(=O)N[C@H]1CCC[C@@H]1Nc1nc(Nc2cc(C(N)=O)ccc2C)ncc1C. The summed E-state index contributed by atoms with van der Waals surface area (Å²) in [7, 11) is 0. The van der Waals surface area contributed by atoms with Crippen molar-refractivity contribution in [2.75, 3.05) is 10.6 Å². The molecule has 0 unspecified atom stereocenters. The topological polar surface area (TPSA) is 122 Å². The zero-order valence-electron chi connectivity index (χ0n) is 16.7. The summed E-state index contributed by atoms with van der Waals surface area (Å²) >= 11 is 0. The molecule has 1 fully saturated rings. The molecular weight excluding hydrogens is 368 g/mol. The lowest BCUT2D eigenvalue weighted by molar-refractivity contribution is -0.117. The van der Waals surface area contributed by atoms with Gasteiger partial charge in [0.1, 0.15) is 5.82 Å². The van der Waals surface area contributed by atoms with Gasteiger partial charge in [-0.25, -0.2) is 4.98 Å². The molecule has 2 amide bonds. The van der Waals surface area contributed by atoms with Crippen LogP contribution in [0.4, 0.5) is 17.5 Å². The minimum absolute atomic E-state index is 0.0285. The third-order valence-electron chi connectivity index (χ3n) is 5.09. The van der Waals surface area contributed by atoms with E-state index in [1.54, 1.807) is 18.3 Å². The van der Waals surface area contributed by atoms with Crippen molar-refractivity contribution in [1.29, 1.82) is 0 Å². The number of nitrogens with one attached hydrogen (secondary N) is 3. The number of rotatable bonds is 7. The molecule has 8 heteroatoms. The van der Waals surface area contributed by atoms with Gasteiger partial charge in [0.25, 0.3) is 0 Å². The molecule has 1 aliphatic carbocycles. The highest BCUT2D eigenvalue weighted by atomic mass is 16.1. The average molecular weight is 394 g/mol. The highest BCUT2D eigenvalue weighted by molar-refractivity contribution is 5.94. The van der Waals surface area contributed by atoms with E-state index >= 15 is 0 Å². The number of amides is 2. The summed E-state index contributed by atoms with van der Waals surface area (Å²) in [5, 5.41) is 9.58. The fourth-order valence-electron chi connectivity index (χ4n) is 3.40. The highest BCUT2D eigenvalue weighted by Gasteiger charge is 2.28. The van der Waals surface area contributed by atoms with E-state index in [9.17, 15) is 9.59 Å². The van der Waals surface area contributed by atoms with Crippen LogP contribution in [0.5, 0.6) is 0 Å². The van der Waals surface area contributed by atoms with Gasteiger partial charge < -0.3 is 21.7 Å². The van der Waals surface area contributed by atoms with Crippen LogP contribution in [-0.4, -0.2) is 33.9 Å². The number of nitrogens with two attached hydrogens (primary N) is 1. The van der Waals surface area contributed by atoms with Gasteiger partial charge in [-0.2, -0.15) is 4.98 Å². The first-order valence-electron chi connectivity index (χ1n) is 9.58. The van der Waals surface area contributed by atoms with Gasteiger partial charge in [0.2, 0.25) is 17.8 Å². The first-order valence-corrected chi connectivity index (χ1v) is 9.58. The van der Waals surface area contributed by atoms with Crippen LogP contribution >= 0.6 is 0 Å². The molecule has 29 heavy (non-hydrogen) atoms. The molecule has 1 saturated carbocycles. The van der Waals surface area contributed by atoms with E-state index in [4.69, 9.17) is 5.73 Å². The van der Waals surface area contributed by atoms with Crippen molar-refractivity contribution in [2.24, 2.45) is 5.73 Å². The summed E-state index contributed by atoms with van der Waals surface area (Å²) in [6.07, 6.45) is 5.89. The summed E-state index contributed by atoms with van der Waals surface area (Å²) in [6.45, 7) is 7.36. The van der Waals surface area contributed by atoms with Crippen molar-refractivity contribution < 1.29 is 9.59 Å². The second-order valence-corrected chi connectivity index (χ2v) is 7.25. The van der Waals surface area contributed by atoms with Crippen LogP contribution in [0, 0.1) is 13.8 Å². The van der Waals surface area contributed by atoms with Gasteiger partial charge in [-0.1, -0.05) is 12.6 Å². The molecule has 3 rings (SSSR count). The van der Waals surface area contributed by atoms with E-state index in [0.717, 1.165) is 30.4 Å². The van der Waals surface area contributed by atoms with Crippen LogP contribution in [-0.2, 0) is 4.79 Å². The third kappa shape index (κ3) is 4.90. The maximum atomic E-state index is 11.7. The number of nitrogens with zero attached hydrogens (tertiary/aromatic N) is 2. The van der Waals surface area contributed by atoms with Crippen LogP contribution in [0.1, 0.15) is 40.7 Å². The molecular formula is C21H26N6O2. The molecule has 0 bridgehead atoms. The summed E-state index contributed by atoms with van der Waals surface area (Å²) in [5.74, 6) is 0.452. The third-order valence-corrected chi connectivity index (χ3v) is 5.09. The zero-order valence-corrected chi connectivity index (χ0v) is 16.7. The fraction of sp³-hybridized carbons (Fsp3) is 0.333. The van der Waals surface area contributed by atoms with Gasteiger partial charge in [0.15, 0.2) is 0 Å². The van der Waals surface area contributed by atoms with Crippen LogP contribution in [0.25, 0.3) is 0 Å². The van der Waals surface area contributed by atoms with E-state index in [0.29, 0.717) is 23.0 Å². The van der Waals surface area contributed by atoms with E-state index in [1.165, 1.54) is 6.08 Å². The molecule has 8 nitrogen and oxygen atoms in total. The van der Waals surface area contributed by atoms with Gasteiger partial charge in [0.05, 0.1) is 0 Å². The Morgan fingerprint density at radius 2 is 1.97 bits per heavy atom. The Kier molecular flexibility index (Phi) is 6.11. The maximum absolute atomic E-state index is 11.7. The molecule has 152 valence electrons. The predicted octanol–water partition coefficient (Wildman–Crippen LogP) is 2.57. The number of aromatic nitrogens is 2. The van der Waals surface area contributed by atoms with Gasteiger partial charge in [-0.3, -0.25) is 9.59 Å². The normalized spacial score (nSPS) is 18.1. The predicted molar refractivity (Wildman–Crippen MR) is 113 cm³/mol. The van der Waals surface area contributed by atoms with E-state index < -0.39 is 5.91 Å². The number of aryl methyl sites for hydroxylation is 2. The van der Waals surface area contributed by atoms with Crippen molar-refractivity contribution in [3.05, 3.63) is 53.7 Å². The fourth-order valence-corrected chi connectivity index (χ4v) is 3.40. The average Bonchev–Trinajstić information content (AvgIpc) is 3.12. The number of carbonyl (C=O) groups is 2. The summed E-state index contributed by atoms with van der Waals surface area (Å²) < 4.78 is 0. The molecule has 1 aliphatic rings. The summed E-state index contributed by atoms with van der Waals surface area (Å²) in [4.78, 5) is 32.1. The van der Waals surface area contributed by atoms with Gasteiger partial charge in [-0.05, 0) is 56.9 Å². The molecule has 5 N–H and O–H groups in total. The Labute approximate surface area is 170 Å². The largest absolute Gasteiger partial charge is 0.366 e. The first kappa shape index (κ1) is 20.3. The minimum atomic E-state index is -0.492. The molecule has 2 atom stereocenters. The lowest BCUT2D eigenvalue weighted by atomic mass is 10.1. The van der Waals surface area contributed by atoms with Gasteiger partial charge in [0, 0.05) is 35.1 Å². The first-order chi connectivity index (χ1) is 13.9. The molecule has 0 aliphatic heterocycles. The van der Waals surface area contributed by atoms with Crippen LogP contribution < -0.4 is 21.7 Å². The van der Waals surface area contributed by atoms with E-state index in [1.807, 2.05) is 19.9 Å². The molecule has 1 heterocycles. The number of primary amides is 1. The summed E-state index contributed by atoms with van der Waals surface area (Å²) in [5.41, 5.74) is 8.35. The highest BCUT2D eigenvalue weighted by Crippen LogP contribution is 2.26. The lowest BCUT2D eigenvalue weighted by Gasteiger charge is -2.23. The minimum Gasteiger partial charge on any atom is -0.366 e. The number of benzene rings is 1. The van der Waals surface area contributed by atoms with Crippen molar-refractivity contribution >= 4 is 29.3 Å². The number of hydrogen-bond acceptors (Lipinski definition) is 6. The van der Waals surface area contributed by atoms with Crippen molar-refractivity contribution in [2.45, 2.75) is 45.2 Å². The van der Waals surface area contributed by atoms with E-state index in [-0.39, 0.29) is 18.0 Å². The van der Waals surface area contributed by atoms with E-state index in [2.05, 4.69) is 32.5 Å². The van der Waals surface area contributed by atoms with Gasteiger partial charge in [-0.15, -0.1) is 0 Å². The lowest BCUT2D eigenvalue weighted by Crippen LogP contribution is -2.42. The molecule has 2 aromatic rings. The summed E-state index contributed by atoms with van der Waals surface area (Å²) in [6, 6.07) is 5.30. The Bertz CT molecular complexity index is 943.